The van der Waals surface area contributed by atoms with Crippen LogP contribution in [0.1, 0.15) is 13.3 Å². The van der Waals surface area contributed by atoms with Crippen LogP contribution in [0.15, 0.2) is 23.1 Å². The minimum absolute atomic E-state index is 0.00774. The van der Waals surface area contributed by atoms with E-state index in [1.54, 1.807) is 0 Å². The molecule has 1 N–H and O–H groups in total. The smallest absolute Gasteiger partial charge is 0.262 e. The molecule has 1 aromatic rings. The predicted octanol–water partition coefficient (Wildman–Crippen LogP) is 2.86. The molecule has 1 saturated carbocycles. The van der Waals surface area contributed by atoms with Gasteiger partial charge in [-0.25, -0.2) is 8.42 Å². The van der Waals surface area contributed by atoms with Crippen LogP contribution in [0.2, 0.25) is 5.02 Å². The summed E-state index contributed by atoms with van der Waals surface area (Å²) in [5.41, 5.74) is 0.466. The van der Waals surface area contributed by atoms with Gasteiger partial charge in [-0.15, -0.1) is 0 Å². The number of anilines is 1. The maximum absolute atomic E-state index is 11.7. The summed E-state index contributed by atoms with van der Waals surface area (Å²) in [6.45, 7) is 2.00. The van der Waals surface area contributed by atoms with Crippen molar-refractivity contribution in [3.8, 4) is 0 Å². The van der Waals surface area contributed by atoms with Crippen LogP contribution in [-0.2, 0) is 13.8 Å². The first kappa shape index (κ1) is 13.6. The lowest BCUT2D eigenvalue weighted by Crippen LogP contribution is -2.14. The molecule has 2 rings (SSSR count). The second-order valence-electron chi connectivity index (χ2n) is 4.39. The second kappa shape index (κ2) is 4.72. The van der Waals surface area contributed by atoms with Crippen LogP contribution in [0.3, 0.4) is 0 Å². The van der Waals surface area contributed by atoms with Crippen LogP contribution in [0, 0.1) is 11.8 Å². The topological polar surface area (TPSA) is 63.2 Å². The fourth-order valence-corrected chi connectivity index (χ4v) is 3.23. The molecule has 0 saturated heterocycles. The van der Waals surface area contributed by atoms with Crippen LogP contribution in [0.25, 0.3) is 0 Å². The molecular formula is C11H11Cl2NO3S. The molecule has 0 spiro atoms. The first-order chi connectivity index (χ1) is 8.29. The van der Waals surface area contributed by atoms with Gasteiger partial charge in [0.25, 0.3) is 9.05 Å². The molecule has 1 aromatic carbocycles. The molecule has 0 heterocycles. The number of hydrogen-bond acceptors (Lipinski definition) is 3. The summed E-state index contributed by atoms with van der Waals surface area (Å²) in [5.74, 6) is 0.378. The van der Waals surface area contributed by atoms with E-state index in [4.69, 9.17) is 22.3 Å². The number of halogens is 2. The summed E-state index contributed by atoms with van der Waals surface area (Å²) in [4.78, 5) is 11.5. The summed E-state index contributed by atoms with van der Waals surface area (Å²) >= 11 is 5.81. The summed E-state index contributed by atoms with van der Waals surface area (Å²) in [6, 6.07) is 4.12. The average Bonchev–Trinajstić information content (AvgIpc) is 2.93. The van der Waals surface area contributed by atoms with Gasteiger partial charge in [-0.05, 0) is 30.5 Å². The van der Waals surface area contributed by atoms with Crippen LogP contribution < -0.4 is 5.32 Å². The first-order valence-corrected chi connectivity index (χ1v) is 8.03. The van der Waals surface area contributed by atoms with Crippen LogP contribution >= 0.6 is 22.3 Å². The van der Waals surface area contributed by atoms with Crippen molar-refractivity contribution >= 4 is 42.9 Å². The van der Waals surface area contributed by atoms with Crippen LogP contribution in [-0.4, -0.2) is 14.3 Å². The van der Waals surface area contributed by atoms with Gasteiger partial charge in [-0.1, -0.05) is 18.5 Å². The Morgan fingerprint density at radius 1 is 1.44 bits per heavy atom. The summed E-state index contributed by atoms with van der Waals surface area (Å²) in [7, 11) is 1.34. The van der Waals surface area contributed by atoms with Crippen molar-refractivity contribution in [3.63, 3.8) is 0 Å². The molecule has 18 heavy (non-hydrogen) atoms. The highest BCUT2D eigenvalue weighted by Crippen LogP contribution is 2.38. The Hall–Kier alpha value is -0.780. The summed E-state index contributed by atoms with van der Waals surface area (Å²) in [6.07, 6.45) is 0.883. The third kappa shape index (κ3) is 2.96. The molecule has 1 amide bonds. The molecule has 0 bridgehead atoms. The van der Waals surface area contributed by atoms with Gasteiger partial charge < -0.3 is 5.32 Å². The fraction of sp³-hybridized carbons (Fsp3) is 0.364. The van der Waals surface area contributed by atoms with Crippen molar-refractivity contribution in [1.82, 2.24) is 0 Å². The van der Waals surface area contributed by atoms with Crippen LogP contribution in [0.5, 0.6) is 0 Å². The molecule has 0 aliphatic heterocycles. The lowest BCUT2D eigenvalue weighted by Gasteiger charge is -2.06. The highest BCUT2D eigenvalue weighted by atomic mass is 35.7. The van der Waals surface area contributed by atoms with Gasteiger partial charge in [0.1, 0.15) is 4.90 Å². The molecule has 2 atom stereocenters. The third-order valence-corrected chi connectivity index (χ3v) is 4.71. The fourth-order valence-electron chi connectivity index (χ4n) is 1.70. The van der Waals surface area contributed by atoms with Gasteiger partial charge in [0.2, 0.25) is 5.91 Å². The molecule has 1 aliphatic carbocycles. The molecule has 1 aliphatic rings. The van der Waals surface area contributed by atoms with E-state index in [2.05, 4.69) is 5.32 Å². The van der Waals surface area contributed by atoms with Gasteiger partial charge in [0.15, 0.2) is 0 Å². The number of rotatable bonds is 3. The summed E-state index contributed by atoms with van der Waals surface area (Å²) in [5, 5.41) is 2.68. The van der Waals surface area contributed by atoms with Gasteiger partial charge in [-0.3, -0.25) is 4.79 Å². The van der Waals surface area contributed by atoms with E-state index in [9.17, 15) is 13.2 Å². The molecule has 1 fully saturated rings. The minimum Gasteiger partial charge on any atom is -0.326 e. The Bertz CT molecular complexity index is 600. The standard InChI is InChI=1S/C11H11Cl2NO3S/c1-6-4-8(6)11(15)14-7-2-3-10(9(12)5-7)18(13,16)17/h2-3,5-6,8H,4H2,1H3,(H,14,15). The predicted molar refractivity (Wildman–Crippen MR) is 70.4 cm³/mol. The molecule has 7 heteroatoms. The maximum Gasteiger partial charge on any atom is 0.262 e. The first-order valence-electron chi connectivity index (χ1n) is 5.34. The van der Waals surface area contributed by atoms with Crippen molar-refractivity contribution in [2.45, 2.75) is 18.2 Å². The van der Waals surface area contributed by atoms with Crippen molar-refractivity contribution in [1.29, 1.82) is 0 Å². The Labute approximate surface area is 115 Å². The zero-order chi connectivity index (χ0) is 13.5. The largest absolute Gasteiger partial charge is 0.326 e. The summed E-state index contributed by atoms with van der Waals surface area (Å²) < 4.78 is 22.3. The molecule has 98 valence electrons. The number of carbonyl (C=O) groups is 1. The van der Waals surface area contributed by atoms with E-state index < -0.39 is 9.05 Å². The third-order valence-electron chi connectivity index (χ3n) is 2.91. The SMILES string of the molecule is CC1CC1C(=O)Nc1ccc(S(=O)(=O)Cl)c(Cl)c1. The zero-order valence-corrected chi connectivity index (χ0v) is 11.8. The zero-order valence-electron chi connectivity index (χ0n) is 9.48. The molecular weight excluding hydrogens is 297 g/mol. The van der Waals surface area contributed by atoms with E-state index in [0.29, 0.717) is 11.6 Å². The van der Waals surface area contributed by atoms with Gasteiger partial charge in [-0.2, -0.15) is 0 Å². The monoisotopic (exact) mass is 307 g/mol. The lowest BCUT2D eigenvalue weighted by molar-refractivity contribution is -0.117. The van der Waals surface area contributed by atoms with Crippen molar-refractivity contribution < 1.29 is 13.2 Å². The maximum atomic E-state index is 11.7. The normalized spacial score (nSPS) is 22.6. The number of amides is 1. The Balaban J connectivity index is 2.17. The van der Waals surface area contributed by atoms with Gasteiger partial charge in [0, 0.05) is 22.3 Å². The Morgan fingerprint density at radius 2 is 2.06 bits per heavy atom. The van der Waals surface area contributed by atoms with Crippen molar-refractivity contribution in [2.75, 3.05) is 5.32 Å². The second-order valence-corrected chi connectivity index (χ2v) is 7.33. The Kier molecular flexibility index (Phi) is 3.58. The van der Waals surface area contributed by atoms with E-state index in [1.165, 1.54) is 18.2 Å². The molecule has 0 aromatic heterocycles. The highest BCUT2D eigenvalue weighted by Gasteiger charge is 2.39. The van der Waals surface area contributed by atoms with Gasteiger partial charge in [0.05, 0.1) is 5.02 Å². The Morgan fingerprint density at radius 3 is 2.50 bits per heavy atom. The average molecular weight is 308 g/mol. The van der Waals surface area contributed by atoms with E-state index in [0.717, 1.165) is 6.42 Å². The highest BCUT2D eigenvalue weighted by molar-refractivity contribution is 8.13. The quantitative estimate of drug-likeness (QED) is 0.873. The van der Waals surface area contributed by atoms with Crippen LogP contribution in [0.4, 0.5) is 5.69 Å². The van der Waals surface area contributed by atoms with Gasteiger partial charge >= 0.3 is 0 Å². The van der Waals surface area contributed by atoms with Crippen molar-refractivity contribution in [3.05, 3.63) is 23.2 Å². The number of hydrogen-bond donors (Lipinski definition) is 1. The van der Waals surface area contributed by atoms with E-state index in [-0.39, 0.29) is 21.7 Å². The molecule has 4 nitrogen and oxygen atoms in total. The minimum atomic E-state index is -3.86. The lowest BCUT2D eigenvalue weighted by atomic mass is 10.3. The van der Waals surface area contributed by atoms with Crippen molar-refractivity contribution in [2.24, 2.45) is 11.8 Å². The van der Waals surface area contributed by atoms with E-state index >= 15 is 0 Å². The number of nitrogens with one attached hydrogen (secondary N) is 1. The van der Waals surface area contributed by atoms with E-state index in [1.807, 2.05) is 6.92 Å². The molecule has 2 unspecified atom stereocenters. The number of carbonyl (C=O) groups excluding carboxylic acids is 1. The molecule has 0 radical (unpaired) electrons. The number of benzene rings is 1.